The maximum absolute atomic E-state index is 12.8. The summed E-state index contributed by atoms with van der Waals surface area (Å²) in [5.74, 6) is -1.28. The number of hydrogen-bond acceptors (Lipinski definition) is 3. The lowest BCUT2D eigenvalue weighted by Gasteiger charge is -2.30. The van der Waals surface area contributed by atoms with Gasteiger partial charge in [-0.3, -0.25) is 9.59 Å². The normalized spacial score (nSPS) is 11.5. The van der Waals surface area contributed by atoms with Crippen LogP contribution in [0.4, 0.5) is 0 Å². The molecule has 0 atom stereocenters. The summed E-state index contributed by atoms with van der Waals surface area (Å²) in [7, 11) is 0. The first-order valence-corrected chi connectivity index (χ1v) is 25.5. The van der Waals surface area contributed by atoms with Gasteiger partial charge in [0.2, 0.25) is 0 Å². The van der Waals surface area contributed by atoms with Gasteiger partial charge in [-0.25, -0.2) is 0 Å². The van der Waals surface area contributed by atoms with Gasteiger partial charge in [0.1, 0.15) is 0 Å². The highest BCUT2D eigenvalue weighted by Crippen LogP contribution is 2.38. The topological polar surface area (TPSA) is 101 Å². The molecular weight excluding hydrogens is 691 g/mol. The number of rotatable bonds is 46. The van der Waals surface area contributed by atoms with Gasteiger partial charge in [-0.1, -0.05) is 265 Å². The van der Waals surface area contributed by atoms with Crippen molar-refractivity contribution < 1.29 is 19.8 Å². The fourth-order valence-electron chi connectivity index (χ4n) is 8.38. The Morgan fingerprint density at radius 2 is 0.554 bits per heavy atom. The molecule has 0 aliphatic heterocycles. The van der Waals surface area contributed by atoms with Gasteiger partial charge in [0, 0.05) is 6.42 Å². The average Bonchev–Trinajstić information content (AvgIpc) is 3.19. The molecule has 336 valence electrons. The molecular formula is C51H103NO4. The van der Waals surface area contributed by atoms with Gasteiger partial charge in [0.05, 0.1) is 5.41 Å². The lowest BCUT2D eigenvalue weighted by Crippen LogP contribution is -2.31. The molecule has 0 saturated heterocycles. The van der Waals surface area contributed by atoms with Crippen molar-refractivity contribution in [2.24, 2.45) is 11.1 Å². The van der Waals surface area contributed by atoms with Gasteiger partial charge in [0.15, 0.2) is 0 Å². The third kappa shape index (κ3) is 44.0. The largest absolute Gasteiger partial charge is 0.481 e. The van der Waals surface area contributed by atoms with E-state index >= 15 is 0 Å². The van der Waals surface area contributed by atoms with E-state index in [1.165, 1.54) is 212 Å². The number of carboxylic acid groups (broad SMARTS) is 2. The third-order valence-electron chi connectivity index (χ3n) is 12.3. The van der Waals surface area contributed by atoms with Crippen LogP contribution in [-0.4, -0.2) is 28.7 Å². The van der Waals surface area contributed by atoms with Gasteiger partial charge >= 0.3 is 11.9 Å². The van der Waals surface area contributed by atoms with Gasteiger partial charge in [-0.15, -0.1) is 0 Å². The first-order chi connectivity index (χ1) is 27.4. The summed E-state index contributed by atoms with van der Waals surface area (Å²) in [6, 6.07) is 0. The smallest absolute Gasteiger partial charge is 0.309 e. The van der Waals surface area contributed by atoms with Crippen LogP contribution < -0.4 is 5.73 Å². The number of carbonyl (C=O) groups is 2. The predicted octanol–water partition coefficient (Wildman–Crippen LogP) is 17.3. The second-order valence-electron chi connectivity index (χ2n) is 17.8. The molecule has 0 aromatic heterocycles. The van der Waals surface area contributed by atoms with Crippen molar-refractivity contribution in [1.29, 1.82) is 0 Å². The number of nitrogens with two attached hydrogens (primary N) is 1. The van der Waals surface area contributed by atoms with E-state index < -0.39 is 17.4 Å². The Morgan fingerprint density at radius 3 is 0.750 bits per heavy atom. The van der Waals surface area contributed by atoms with E-state index in [-0.39, 0.29) is 6.42 Å². The quantitative estimate of drug-likeness (QED) is 0.0533. The van der Waals surface area contributed by atoms with Crippen LogP contribution in [0.1, 0.15) is 303 Å². The molecule has 0 rings (SSSR count). The highest BCUT2D eigenvalue weighted by atomic mass is 16.4. The van der Waals surface area contributed by atoms with Crippen LogP contribution in [0.5, 0.6) is 0 Å². The lowest BCUT2D eigenvalue weighted by atomic mass is 9.74. The Labute approximate surface area is 351 Å². The highest BCUT2D eigenvalue weighted by molar-refractivity contribution is 5.74. The van der Waals surface area contributed by atoms with Crippen LogP contribution in [0.15, 0.2) is 0 Å². The van der Waals surface area contributed by atoms with E-state index in [9.17, 15) is 14.7 Å². The fraction of sp³-hybridized carbons (Fsp3) is 0.961. The van der Waals surface area contributed by atoms with Crippen molar-refractivity contribution in [1.82, 2.24) is 0 Å². The maximum Gasteiger partial charge on any atom is 0.309 e. The Bertz CT molecular complexity index is 731. The number of unbranched alkanes of at least 4 members (excludes halogenated alkanes) is 36. The van der Waals surface area contributed by atoms with Crippen LogP contribution in [0.25, 0.3) is 0 Å². The van der Waals surface area contributed by atoms with E-state index in [0.29, 0.717) is 0 Å². The van der Waals surface area contributed by atoms with Crippen molar-refractivity contribution in [3.63, 3.8) is 0 Å². The predicted molar refractivity (Wildman–Crippen MR) is 247 cm³/mol. The molecule has 0 unspecified atom stereocenters. The number of aliphatic carboxylic acids is 2. The molecule has 0 heterocycles. The second-order valence-corrected chi connectivity index (χ2v) is 17.8. The third-order valence-corrected chi connectivity index (χ3v) is 12.3. The van der Waals surface area contributed by atoms with Gasteiger partial charge in [-0.2, -0.15) is 0 Å². The zero-order valence-corrected chi connectivity index (χ0v) is 38.6. The van der Waals surface area contributed by atoms with Crippen molar-refractivity contribution in [3.8, 4) is 0 Å². The first-order valence-electron chi connectivity index (χ1n) is 25.5. The Kier molecular flexibility index (Phi) is 49.1. The molecule has 0 amide bonds. The van der Waals surface area contributed by atoms with Crippen molar-refractivity contribution >= 4 is 11.9 Å². The fourth-order valence-corrected chi connectivity index (χ4v) is 8.38. The van der Waals surface area contributed by atoms with Gasteiger partial charge in [0.25, 0.3) is 0 Å². The van der Waals surface area contributed by atoms with Gasteiger partial charge in [-0.05, 0) is 38.6 Å². The molecule has 0 radical (unpaired) electrons. The summed E-state index contributed by atoms with van der Waals surface area (Å²) in [6.45, 7) is 7.60. The van der Waals surface area contributed by atoms with Crippen LogP contribution >= 0.6 is 0 Å². The van der Waals surface area contributed by atoms with E-state index in [0.717, 1.165) is 70.8 Å². The molecule has 5 heteroatoms. The van der Waals surface area contributed by atoms with Crippen LogP contribution in [0, 0.1) is 5.41 Å². The standard InChI is InChI=1S/C46H90O4.C5H13N/c1-3-5-7-9-11-13-15-17-19-21-23-25-27-29-33-37-41-46(45(49)50,43-39-35-31-32-36-40-44(47)48)42-38-34-30-28-26-24-22-20-18-16-14-12-10-8-6-4-2;1-2-3-4-5-6/h3-43H2,1-2H3,(H,47,48)(H,49,50);2-6H2,1H3. The SMILES string of the molecule is CCCCCCCCCCCCCCCCCCC(CCCCCCCCCCCCCCCCCC)(CCCCCCCC(=O)O)C(=O)O.CCCCCN. The Balaban J connectivity index is 0. The van der Waals surface area contributed by atoms with Gasteiger partial charge < -0.3 is 15.9 Å². The van der Waals surface area contributed by atoms with E-state index in [2.05, 4.69) is 20.8 Å². The van der Waals surface area contributed by atoms with Crippen LogP contribution in [-0.2, 0) is 9.59 Å². The molecule has 0 aliphatic rings. The minimum atomic E-state index is -0.715. The van der Waals surface area contributed by atoms with Crippen LogP contribution in [0.2, 0.25) is 0 Å². The number of hydrogen-bond donors (Lipinski definition) is 3. The molecule has 0 saturated carbocycles. The molecule has 56 heavy (non-hydrogen) atoms. The molecule has 5 nitrogen and oxygen atoms in total. The number of carboxylic acids is 2. The lowest BCUT2D eigenvalue weighted by molar-refractivity contribution is -0.151. The molecule has 0 aliphatic carbocycles. The monoisotopic (exact) mass is 794 g/mol. The minimum Gasteiger partial charge on any atom is -0.481 e. The Morgan fingerprint density at radius 1 is 0.339 bits per heavy atom. The summed E-state index contributed by atoms with van der Waals surface area (Å²) < 4.78 is 0. The summed E-state index contributed by atoms with van der Waals surface area (Å²) in [5.41, 5.74) is 4.65. The van der Waals surface area contributed by atoms with E-state index in [1.54, 1.807) is 0 Å². The zero-order valence-electron chi connectivity index (χ0n) is 38.6. The van der Waals surface area contributed by atoms with Crippen molar-refractivity contribution in [2.45, 2.75) is 303 Å². The first kappa shape index (κ1) is 57.0. The summed E-state index contributed by atoms with van der Waals surface area (Å²) in [5, 5.41) is 19.4. The summed E-state index contributed by atoms with van der Waals surface area (Å²) in [4.78, 5) is 23.6. The van der Waals surface area contributed by atoms with Crippen LogP contribution in [0.3, 0.4) is 0 Å². The molecule has 0 fully saturated rings. The average molecular weight is 794 g/mol. The maximum atomic E-state index is 12.8. The van der Waals surface area contributed by atoms with E-state index in [1.807, 2.05) is 0 Å². The Hall–Kier alpha value is -1.10. The molecule has 0 aromatic rings. The van der Waals surface area contributed by atoms with Crippen molar-refractivity contribution in [2.75, 3.05) is 6.54 Å². The summed E-state index contributed by atoms with van der Waals surface area (Å²) >= 11 is 0. The molecule has 0 aromatic carbocycles. The summed E-state index contributed by atoms with van der Waals surface area (Å²) in [6.07, 6.45) is 54.1. The van der Waals surface area contributed by atoms with Crippen molar-refractivity contribution in [3.05, 3.63) is 0 Å². The minimum absolute atomic E-state index is 0.248. The molecule has 0 spiro atoms. The highest BCUT2D eigenvalue weighted by Gasteiger charge is 2.36. The second kappa shape index (κ2) is 48.3. The zero-order chi connectivity index (χ0) is 41.5. The molecule has 4 N–H and O–H groups in total. The van der Waals surface area contributed by atoms with E-state index in [4.69, 9.17) is 10.8 Å². The molecule has 0 bridgehead atoms.